The first-order valence-corrected chi connectivity index (χ1v) is 6.72. The number of rotatable bonds is 7. The van der Waals surface area contributed by atoms with Gasteiger partial charge in [-0.3, -0.25) is 0 Å². The average Bonchev–Trinajstić information content (AvgIpc) is 3.18. The van der Waals surface area contributed by atoms with Crippen molar-refractivity contribution in [2.45, 2.75) is 19.4 Å². The summed E-state index contributed by atoms with van der Waals surface area (Å²) in [5.41, 5.74) is 7.44. The highest BCUT2D eigenvalue weighted by molar-refractivity contribution is 5.42. The summed E-state index contributed by atoms with van der Waals surface area (Å²) in [4.78, 5) is 2.33. The van der Waals surface area contributed by atoms with Crippen molar-refractivity contribution in [1.29, 1.82) is 0 Å². The second-order valence-corrected chi connectivity index (χ2v) is 5.57. The minimum Gasteiger partial charge on any atom is -0.493 e. The molecule has 2 rings (SSSR count). The summed E-state index contributed by atoms with van der Waals surface area (Å²) in [5.74, 6) is 1.56. The van der Waals surface area contributed by atoms with Crippen LogP contribution in [-0.2, 0) is 6.54 Å². The second kappa shape index (κ2) is 5.80. The molecule has 19 heavy (non-hydrogen) atoms. The van der Waals surface area contributed by atoms with Crippen molar-refractivity contribution in [3.05, 3.63) is 23.8 Å². The Morgan fingerprint density at radius 1 is 1.21 bits per heavy atom. The summed E-state index contributed by atoms with van der Waals surface area (Å²) < 4.78 is 10.6. The van der Waals surface area contributed by atoms with Crippen molar-refractivity contribution in [1.82, 2.24) is 4.90 Å². The van der Waals surface area contributed by atoms with Crippen LogP contribution in [0.1, 0.15) is 18.4 Å². The fourth-order valence-electron chi connectivity index (χ4n) is 2.52. The lowest BCUT2D eigenvalue weighted by Crippen LogP contribution is -2.31. The van der Waals surface area contributed by atoms with Crippen LogP contribution >= 0.6 is 0 Å². The van der Waals surface area contributed by atoms with Crippen LogP contribution in [0.4, 0.5) is 0 Å². The standard InChI is InChI=1S/C15H24N2O2/c1-17(11-15(10-16)6-7-15)9-12-4-5-13(18-2)14(8-12)19-3/h4-5,8H,6-7,9-11,16H2,1-3H3. The van der Waals surface area contributed by atoms with E-state index in [1.807, 2.05) is 12.1 Å². The molecular weight excluding hydrogens is 240 g/mol. The Morgan fingerprint density at radius 2 is 1.89 bits per heavy atom. The summed E-state index contributed by atoms with van der Waals surface area (Å²) in [6.45, 7) is 2.77. The van der Waals surface area contributed by atoms with E-state index in [9.17, 15) is 0 Å². The number of hydrogen-bond acceptors (Lipinski definition) is 4. The Labute approximate surface area is 115 Å². The van der Waals surface area contributed by atoms with Gasteiger partial charge in [0.05, 0.1) is 14.2 Å². The molecule has 4 heteroatoms. The average molecular weight is 264 g/mol. The zero-order chi connectivity index (χ0) is 13.9. The molecule has 4 nitrogen and oxygen atoms in total. The topological polar surface area (TPSA) is 47.7 Å². The summed E-state index contributed by atoms with van der Waals surface area (Å²) in [6.07, 6.45) is 2.53. The highest BCUT2D eigenvalue weighted by atomic mass is 16.5. The van der Waals surface area contributed by atoms with Gasteiger partial charge in [0.1, 0.15) is 0 Å². The van der Waals surface area contributed by atoms with Crippen LogP contribution in [0.5, 0.6) is 11.5 Å². The third-order valence-electron chi connectivity index (χ3n) is 3.90. The second-order valence-electron chi connectivity index (χ2n) is 5.57. The van der Waals surface area contributed by atoms with Crippen LogP contribution in [-0.4, -0.2) is 39.3 Å². The summed E-state index contributed by atoms with van der Waals surface area (Å²) in [5, 5.41) is 0. The third kappa shape index (κ3) is 3.39. The van der Waals surface area contributed by atoms with Gasteiger partial charge in [-0.05, 0) is 49.5 Å². The van der Waals surface area contributed by atoms with Crippen molar-refractivity contribution in [3.8, 4) is 11.5 Å². The van der Waals surface area contributed by atoms with E-state index in [-0.39, 0.29) is 0 Å². The van der Waals surface area contributed by atoms with E-state index >= 15 is 0 Å². The van der Waals surface area contributed by atoms with Crippen molar-refractivity contribution >= 4 is 0 Å². The van der Waals surface area contributed by atoms with E-state index in [0.29, 0.717) is 5.41 Å². The van der Waals surface area contributed by atoms with Crippen molar-refractivity contribution < 1.29 is 9.47 Å². The number of ether oxygens (including phenoxy) is 2. The largest absolute Gasteiger partial charge is 0.493 e. The summed E-state index contributed by atoms with van der Waals surface area (Å²) in [6, 6.07) is 6.08. The number of nitrogens with two attached hydrogens (primary N) is 1. The van der Waals surface area contributed by atoms with E-state index in [0.717, 1.165) is 31.1 Å². The molecule has 0 saturated heterocycles. The van der Waals surface area contributed by atoms with Crippen LogP contribution in [0.15, 0.2) is 18.2 Å². The van der Waals surface area contributed by atoms with Crippen molar-refractivity contribution in [3.63, 3.8) is 0 Å². The Hall–Kier alpha value is -1.26. The Bertz CT molecular complexity index is 430. The molecule has 0 atom stereocenters. The minimum atomic E-state index is 0.380. The van der Waals surface area contributed by atoms with Crippen LogP contribution < -0.4 is 15.2 Å². The van der Waals surface area contributed by atoms with Crippen molar-refractivity contribution in [2.24, 2.45) is 11.1 Å². The lowest BCUT2D eigenvalue weighted by Gasteiger charge is -2.23. The molecule has 0 spiro atoms. The molecule has 0 amide bonds. The zero-order valence-corrected chi connectivity index (χ0v) is 12.1. The maximum absolute atomic E-state index is 5.83. The molecule has 1 fully saturated rings. The van der Waals surface area contributed by atoms with Gasteiger partial charge >= 0.3 is 0 Å². The smallest absolute Gasteiger partial charge is 0.161 e. The lowest BCUT2D eigenvalue weighted by atomic mass is 10.1. The van der Waals surface area contributed by atoms with Gasteiger partial charge in [0.25, 0.3) is 0 Å². The normalized spacial score (nSPS) is 16.5. The molecule has 1 aromatic carbocycles. The first-order chi connectivity index (χ1) is 9.12. The first-order valence-electron chi connectivity index (χ1n) is 6.72. The lowest BCUT2D eigenvalue weighted by molar-refractivity contribution is 0.259. The van der Waals surface area contributed by atoms with Crippen LogP contribution in [0.3, 0.4) is 0 Å². The van der Waals surface area contributed by atoms with Gasteiger partial charge in [0.15, 0.2) is 11.5 Å². The van der Waals surface area contributed by atoms with Gasteiger partial charge in [-0.2, -0.15) is 0 Å². The number of hydrogen-bond donors (Lipinski definition) is 1. The van der Waals surface area contributed by atoms with Crippen LogP contribution in [0.2, 0.25) is 0 Å². The first kappa shape index (κ1) is 14.2. The van der Waals surface area contributed by atoms with E-state index < -0.39 is 0 Å². The molecule has 0 aliphatic heterocycles. The van der Waals surface area contributed by atoms with Gasteiger partial charge in [-0.25, -0.2) is 0 Å². The molecule has 1 saturated carbocycles. The fourth-order valence-corrected chi connectivity index (χ4v) is 2.52. The minimum absolute atomic E-state index is 0.380. The van der Waals surface area contributed by atoms with Crippen LogP contribution in [0, 0.1) is 5.41 Å². The molecule has 0 aromatic heterocycles. The molecule has 1 aliphatic carbocycles. The van der Waals surface area contributed by atoms with Gasteiger partial charge < -0.3 is 20.1 Å². The van der Waals surface area contributed by atoms with Gasteiger partial charge in [0, 0.05) is 13.1 Å². The number of benzene rings is 1. The quantitative estimate of drug-likeness (QED) is 0.817. The summed E-state index contributed by atoms with van der Waals surface area (Å²) in [7, 11) is 5.47. The van der Waals surface area contributed by atoms with E-state index in [2.05, 4.69) is 18.0 Å². The Balaban J connectivity index is 1.98. The maximum Gasteiger partial charge on any atom is 0.161 e. The number of methoxy groups -OCH3 is 2. The highest BCUT2D eigenvalue weighted by Gasteiger charge is 2.41. The summed E-state index contributed by atoms with van der Waals surface area (Å²) >= 11 is 0. The third-order valence-corrected chi connectivity index (χ3v) is 3.90. The molecule has 0 unspecified atom stereocenters. The van der Waals surface area contributed by atoms with E-state index in [1.54, 1.807) is 14.2 Å². The SMILES string of the molecule is COc1ccc(CN(C)CC2(CN)CC2)cc1OC. The van der Waals surface area contributed by atoms with E-state index in [1.165, 1.54) is 18.4 Å². The highest BCUT2D eigenvalue weighted by Crippen LogP contribution is 2.45. The molecule has 1 aliphatic rings. The monoisotopic (exact) mass is 264 g/mol. The van der Waals surface area contributed by atoms with E-state index in [4.69, 9.17) is 15.2 Å². The van der Waals surface area contributed by atoms with Gasteiger partial charge in [0.2, 0.25) is 0 Å². The molecule has 2 N–H and O–H groups in total. The number of nitrogens with zero attached hydrogens (tertiary/aromatic N) is 1. The Kier molecular flexibility index (Phi) is 4.32. The molecule has 0 heterocycles. The predicted octanol–water partition coefficient (Wildman–Crippen LogP) is 1.87. The zero-order valence-electron chi connectivity index (χ0n) is 12.1. The van der Waals surface area contributed by atoms with Crippen LogP contribution in [0.25, 0.3) is 0 Å². The van der Waals surface area contributed by atoms with Crippen molar-refractivity contribution in [2.75, 3.05) is 34.4 Å². The Morgan fingerprint density at radius 3 is 2.42 bits per heavy atom. The van der Waals surface area contributed by atoms with Gasteiger partial charge in [-0.15, -0.1) is 0 Å². The molecule has 0 radical (unpaired) electrons. The molecular formula is C15H24N2O2. The molecule has 0 bridgehead atoms. The molecule has 106 valence electrons. The fraction of sp³-hybridized carbons (Fsp3) is 0.600. The van der Waals surface area contributed by atoms with Gasteiger partial charge in [-0.1, -0.05) is 6.07 Å². The maximum atomic E-state index is 5.83. The predicted molar refractivity (Wildman–Crippen MR) is 76.6 cm³/mol. The molecule has 1 aromatic rings.